The van der Waals surface area contributed by atoms with E-state index in [1.165, 1.54) is 0 Å². The SMILES string of the molecule is CCO[C@@H]1C[C@@](O)(CNC(=O)c2cccc(-c3nnc(COC)o3)c2)C1(C)C. The molecule has 1 amide bonds. The molecular formula is C20H27N3O5. The van der Waals surface area contributed by atoms with Gasteiger partial charge in [0.15, 0.2) is 0 Å². The van der Waals surface area contributed by atoms with Crippen molar-refractivity contribution < 1.29 is 23.8 Å². The number of carbonyl (C=O) groups excluding carboxylic acids is 1. The summed E-state index contributed by atoms with van der Waals surface area (Å²) in [5.41, 5.74) is -0.339. The van der Waals surface area contributed by atoms with E-state index in [2.05, 4.69) is 15.5 Å². The van der Waals surface area contributed by atoms with Crippen LogP contribution in [0, 0.1) is 5.41 Å². The van der Waals surface area contributed by atoms with E-state index in [-0.39, 0.29) is 25.2 Å². The number of aliphatic hydroxyl groups is 1. The van der Waals surface area contributed by atoms with Gasteiger partial charge >= 0.3 is 0 Å². The summed E-state index contributed by atoms with van der Waals surface area (Å²) in [5.74, 6) is 0.410. The van der Waals surface area contributed by atoms with Crippen molar-refractivity contribution in [2.24, 2.45) is 5.41 Å². The van der Waals surface area contributed by atoms with Gasteiger partial charge in [0.05, 0.1) is 11.7 Å². The number of nitrogens with one attached hydrogen (secondary N) is 1. The maximum Gasteiger partial charge on any atom is 0.251 e. The predicted molar refractivity (Wildman–Crippen MR) is 102 cm³/mol. The quantitative estimate of drug-likeness (QED) is 0.712. The summed E-state index contributed by atoms with van der Waals surface area (Å²) < 4.78 is 16.1. The topological polar surface area (TPSA) is 107 Å². The molecule has 0 unspecified atom stereocenters. The van der Waals surface area contributed by atoms with Crippen LogP contribution in [-0.2, 0) is 16.1 Å². The van der Waals surface area contributed by atoms with Crippen LogP contribution in [0.3, 0.4) is 0 Å². The van der Waals surface area contributed by atoms with Gasteiger partial charge in [-0.2, -0.15) is 0 Å². The lowest BCUT2D eigenvalue weighted by atomic mass is 9.56. The highest BCUT2D eigenvalue weighted by Gasteiger charge is 2.59. The van der Waals surface area contributed by atoms with Crippen LogP contribution in [0.1, 0.15) is 43.4 Å². The Morgan fingerprint density at radius 1 is 1.39 bits per heavy atom. The molecule has 1 heterocycles. The lowest BCUT2D eigenvalue weighted by Crippen LogP contribution is -2.68. The summed E-state index contributed by atoms with van der Waals surface area (Å²) in [4.78, 5) is 12.6. The van der Waals surface area contributed by atoms with E-state index >= 15 is 0 Å². The van der Waals surface area contributed by atoms with Crippen molar-refractivity contribution in [3.8, 4) is 11.5 Å². The molecule has 152 valence electrons. The summed E-state index contributed by atoms with van der Waals surface area (Å²) in [6.45, 7) is 6.83. The Labute approximate surface area is 164 Å². The van der Waals surface area contributed by atoms with E-state index < -0.39 is 11.0 Å². The number of aromatic nitrogens is 2. The average Bonchev–Trinajstić information content (AvgIpc) is 3.15. The normalized spacial score (nSPS) is 23.2. The molecule has 1 aromatic carbocycles. The molecule has 2 atom stereocenters. The fourth-order valence-corrected chi connectivity index (χ4v) is 3.44. The minimum Gasteiger partial charge on any atom is -0.418 e. The molecule has 1 fully saturated rings. The van der Waals surface area contributed by atoms with Gasteiger partial charge < -0.3 is 24.3 Å². The van der Waals surface area contributed by atoms with Crippen molar-refractivity contribution in [3.63, 3.8) is 0 Å². The Hall–Kier alpha value is -2.29. The van der Waals surface area contributed by atoms with Crippen LogP contribution < -0.4 is 5.32 Å². The largest absolute Gasteiger partial charge is 0.418 e. The lowest BCUT2D eigenvalue weighted by Gasteiger charge is -2.57. The van der Waals surface area contributed by atoms with Gasteiger partial charge in [0, 0.05) is 43.2 Å². The van der Waals surface area contributed by atoms with Crippen LogP contribution in [0.15, 0.2) is 28.7 Å². The van der Waals surface area contributed by atoms with Gasteiger partial charge in [-0.25, -0.2) is 0 Å². The van der Waals surface area contributed by atoms with E-state index in [1.807, 2.05) is 20.8 Å². The van der Waals surface area contributed by atoms with Crippen LogP contribution in [0.5, 0.6) is 0 Å². The van der Waals surface area contributed by atoms with Crippen molar-refractivity contribution in [1.82, 2.24) is 15.5 Å². The van der Waals surface area contributed by atoms with Gasteiger partial charge in [-0.05, 0) is 25.1 Å². The molecule has 2 N–H and O–H groups in total. The Balaban J connectivity index is 1.65. The zero-order valence-electron chi connectivity index (χ0n) is 16.7. The number of ether oxygens (including phenoxy) is 2. The molecule has 2 aromatic rings. The van der Waals surface area contributed by atoms with Gasteiger partial charge in [0.25, 0.3) is 5.91 Å². The second-order valence-electron chi connectivity index (χ2n) is 7.60. The van der Waals surface area contributed by atoms with E-state index in [4.69, 9.17) is 13.9 Å². The first-order valence-corrected chi connectivity index (χ1v) is 9.34. The highest BCUT2D eigenvalue weighted by atomic mass is 16.5. The predicted octanol–water partition coefficient (Wildman–Crippen LogP) is 2.18. The van der Waals surface area contributed by atoms with Gasteiger partial charge in [-0.3, -0.25) is 4.79 Å². The van der Waals surface area contributed by atoms with Crippen molar-refractivity contribution >= 4 is 5.91 Å². The zero-order chi connectivity index (χ0) is 20.4. The summed E-state index contributed by atoms with van der Waals surface area (Å²) in [6, 6.07) is 6.91. The number of hydrogen-bond donors (Lipinski definition) is 2. The minimum atomic E-state index is -0.998. The highest BCUT2D eigenvalue weighted by molar-refractivity contribution is 5.95. The molecule has 0 spiro atoms. The van der Waals surface area contributed by atoms with E-state index in [9.17, 15) is 9.90 Å². The third-order valence-electron chi connectivity index (χ3n) is 5.54. The van der Waals surface area contributed by atoms with E-state index in [0.29, 0.717) is 35.9 Å². The van der Waals surface area contributed by atoms with Gasteiger partial charge in [0.2, 0.25) is 11.8 Å². The molecule has 0 aliphatic heterocycles. The standard InChI is InChI=1S/C20H27N3O5/c1-5-27-15-10-20(25,19(15,2)3)12-21-17(24)13-7-6-8-14(9-13)18-23-22-16(28-18)11-26-4/h6-9,15,25H,5,10-12H2,1-4H3,(H,21,24)/t15-,20-/m1/s1. The van der Waals surface area contributed by atoms with Gasteiger partial charge in [0.1, 0.15) is 6.61 Å². The van der Waals surface area contributed by atoms with Crippen LogP contribution >= 0.6 is 0 Å². The van der Waals surface area contributed by atoms with Crippen molar-refractivity contribution in [3.05, 3.63) is 35.7 Å². The molecule has 0 bridgehead atoms. The Kier molecular flexibility index (Phi) is 5.83. The number of methoxy groups -OCH3 is 1. The molecule has 8 nitrogen and oxygen atoms in total. The summed E-state index contributed by atoms with van der Waals surface area (Å²) >= 11 is 0. The number of carbonyl (C=O) groups is 1. The molecule has 28 heavy (non-hydrogen) atoms. The van der Waals surface area contributed by atoms with Crippen LogP contribution in [-0.4, -0.2) is 53.2 Å². The summed E-state index contributed by atoms with van der Waals surface area (Å²) in [5, 5.41) is 21.6. The molecule has 0 radical (unpaired) electrons. The van der Waals surface area contributed by atoms with Crippen LogP contribution in [0.25, 0.3) is 11.5 Å². The molecule has 1 aliphatic carbocycles. The average molecular weight is 389 g/mol. The Morgan fingerprint density at radius 3 is 2.86 bits per heavy atom. The number of rotatable bonds is 8. The van der Waals surface area contributed by atoms with Gasteiger partial charge in [-0.1, -0.05) is 19.9 Å². The van der Waals surface area contributed by atoms with E-state index in [1.54, 1.807) is 31.4 Å². The van der Waals surface area contributed by atoms with Crippen LogP contribution in [0.2, 0.25) is 0 Å². The lowest BCUT2D eigenvalue weighted by molar-refractivity contribution is -0.237. The maximum absolute atomic E-state index is 12.6. The zero-order valence-corrected chi connectivity index (χ0v) is 16.7. The molecule has 1 saturated carbocycles. The minimum absolute atomic E-state index is 0.0125. The molecular weight excluding hydrogens is 362 g/mol. The number of benzene rings is 1. The third kappa shape index (κ3) is 3.80. The Morgan fingerprint density at radius 2 is 2.18 bits per heavy atom. The first kappa shape index (κ1) is 20.4. The number of hydrogen-bond acceptors (Lipinski definition) is 7. The maximum atomic E-state index is 12.6. The number of amides is 1. The van der Waals surface area contributed by atoms with Crippen LogP contribution in [0.4, 0.5) is 0 Å². The fraction of sp³-hybridized carbons (Fsp3) is 0.550. The van der Waals surface area contributed by atoms with E-state index in [0.717, 1.165) is 0 Å². The fourth-order valence-electron chi connectivity index (χ4n) is 3.44. The van der Waals surface area contributed by atoms with Crippen molar-refractivity contribution in [2.45, 2.75) is 45.5 Å². The van der Waals surface area contributed by atoms with Crippen molar-refractivity contribution in [2.75, 3.05) is 20.3 Å². The Bertz CT molecular complexity index is 835. The smallest absolute Gasteiger partial charge is 0.251 e. The highest BCUT2D eigenvalue weighted by Crippen LogP contribution is 2.50. The van der Waals surface area contributed by atoms with Crippen molar-refractivity contribution in [1.29, 1.82) is 0 Å². The first-order chi connectivity index (χ1) is 13.3. The monoisotopic (exact) mass is 389 g/mol. The third-order valence-corrected chi connectivity index (χ3v) is 5.54. The second kappa shape index (κ2) is 7.98. The second-order valence-corrected chi connectivity index (χ2v) is 7.60. The molecule has 1 aliphatic rings. The molecule has 8 heteroatoms. The summed E-state index contributed by atoms with van der Waals surface area (Å²) in [7, 11) is 1.54. The number of nitrogens with zero attached hydrogens (tertiary/aromatic N) is 2. The molecule has 3 rings (SSSR count). The summed E-state index contributed by atoms with van der Waals surface area (Å²) in [6.07, 6.45) is 0.486. The molecule has 1 aromatic heterocycles. The molecule has 0 saturated heterocycles. The first-order valence-electron chi connectivity index (χ1n) is 9.34. The van der Waals surface area contributed by atoms with Gasteiger partial charge in [-0.15, -0.1) is 10.2 Å².